The Labute approximate surface area is 481 Å². The largest absolute Gasteiger partial charge is 0.472 e. The van der Waals surface area contributed by atoms with Gasteiger partial charge in [0, 0.05) is 12.8 Å². The Morgan fingerprint density at radius 2 is 0.731 bits per heavy atom. The van der Waals surface area contributed by atoms with Gasteiger partial charge in [0.2, 0.25) is 0 Å². The van der Waals surface area contributed by atoms with Crippen molar-refractivity contribution in [2.75, 3.05) is 47.5 Å². The molecule has 78 heavy (non-hydrogen) atoms. The Kier molecular flexibility index (Phi) is 56.7. The van der Waals surface area contributed by atoms with Crippen molar-refractivity contribution in [1.82, 2.24) is 0 Å². The van der Waals surface area contributed by atoms with Crippen LogP contribution in [0, 0.1) is 0 Å². The Morgan fingerprint density at radius 3 is 1.09 bits per heavy atom. The van der Waals surface area contributed by atoms with E-state index in [0.29, 0.717) is 17.4 Å². The van der Waals surface area contributed by atoms with Crippen molar-refractivity contribution >= 4 is 19.8 Å². The normalized spacial score (nSPS) is 13.8. The molecule has 0 bridgehead atoms. The smallest absolute Gasteiger partial charge is 0.462 e. The molecule has 0 amide bonds. The van der Waals surface area contributed by atoms with Crippen molar-refractivity contribution < 1.29 is 42.1 Å². The molecule has 0 fully saturated rings. The SMILES string of the molecule is CC/C=C\C/C=C\C/C=C\C/C=C\CCCCCCCCCCCCCCCCCCCCC(=O)OC(COC(=O)CCCCCCCCCC/C=C\C/C=C\C/C=C\CCCCCCC)COP(=O)(O)OCC[N+](C)(C)C. The first-order valence-corrected chi connectivity index (χ1v) is 33.8. The van der Waals surface area contributed by atoms with Crippen molar-refractivity contribution in [2.24, 2.45) is 0 Å². The fourth-order valence-electron chi connectivity index (χ4n) is 8.96. The van der Waals surface area contributed by atoms with Crippen molar-refractivity contribution in [3.05, 3.63) is 85.1 Å². The Bertz CT molecular complexity index is 1590. The summed E-state index contributed by atoms with van der Waals surface area (Å²) in [5.74, 6) is -0.799. The van der Waals surface area contributed by atoms with E-state index in [4.69, 9.17) is 18.5 Å². The molecule has 0 radical (unpaired) electrons. The van der Waals surface area contributed by atoms with E-state index >= 15 is 0 Å². The van der Waals surface area contributed by atoms with Crippen LogP contribution < -0.4 is 0 Å². The summed E-state index contributed by atoms with van der Waals surface area (Å²) in [7, 11) is 1.47. The van der Waals surface area contributed by atoms with Crippen LogP contribution in [0.25, 0.3) is 0 Å². The third kappa shape index (κ3) is 62.4. The molecule has 0 aliphatic rings. The van der Waals surface area contributed by atoms with Gasteiger partial charge in [0.25, 0.3) is 0 Å². The van der Waals surface area contributed by atoms with Gasteiger partial charge < -0.3 is 18.9 Å². The lowest BCUT2D eigenvalue weighted by Gasteiger charge is -2.24. The van der Waals surface area contributed by atoms with Gasteiger partial charge in [-0.2, -0.15) is 0 Å². The number of phosphoric ester groups is 1. The molecule has 0 aromatic rings. The van der Waals surface area contributed by atoms with Gasteiger partial charge in [0.1, 0.15) is 19.8 Å². The first-order valence-electron chi connectivity index (χ1n) is 32.3. The van der Waals surface area contributed by atoms with Gasteiger partial charge in [-0.15, -0.1) is 0 Å². The summed E-state index contributed by atoms with van der Waals surface area (Å²) in [6.45, 7) is 4.33. The Hall–Kier alpha value is -2.81. The molecular weight excluding hydrogens is 990 g/mol. The second kappa shape index (κ2) is 58.8. The Morgan fingerprint density at radius 1 is 0.410 bits per heavy atom. The highest BCUT2D eigenvalue weighted by Gasteiger charge is 2.27. The lowest BCUT2D eigenvalue weighted by molar-refractivity contribution is -0.870. The molecule has 0 aromatic heterocycles. The minimum absolute atomic E-state index is 0.0285. The first-order chi connectivity index (χ1) is 38.0. The fraction of sp³-hybridized carbons (Fsp3) is 0.765. The van der Waals surface area contributed by atoms with Crippen molar-refractivity contribution in [1.29, 1.82) is 0 Å². The van der Waals surface area contributed by atoms with Gasteiger partial charge in [-0.1, -0.05) is 266 Å². The lowest BCUT2D eigenvalue weighted by atomic mass is 10.0. The van der Waals surface area contributed by atoms with Gasteiger partial charge in [0.05, 0.1) is 27.7 Å². The third-order valence-corrected chi connectivity index (χ3v) is 14.9. The topological polar surface area (TPSA) is 108 Å². The number of hydrogen-bond acceptors (Lipinski definition) is 7. The van der Waals surface area contributed by atoms with Crippen molar-refractivity contribution in [2.45, 2.75) is 290 Å². The number of carbonyl (C=O) groups is 2. The molecule has 0 aliphatic heterocycles. The van der Waals surface area contributed by atoms with Gasteiger partial charge in [-0.3, -0.25) is 18.6 Å². The number of quaternary nitrogens is 1. The van der Waals surface area contributed by atoms with E-state index in [1.165, 1.54) is 167 Å². The molecule has 10 heteroatoms. The first kappa shape index (κ1) is 75.2. The van der Waals surface area contributed by atoms with Crippen LogP contribution >= 0.6 is 7.82 Å². The number of allylic oxidation sites excluding steroid dienone is 14. The molecule has 0 aliphatic carbocycles. The van der Waals surface area contributed by atoms with E-state index in [-0.39, 0.29) is 32.0 Å². The molecule has 0 saturated heterocycles. The summed E-state index contributed by atoms with van der Waals surface area (Å²) in [4.78, 5) is 35.8. The van der Waals surface area contributed by atoms with E-state index in [1.54, 1.807) is 0 Å². The quantitative estimate of drug-likeness (QED) is 0.0211. The standard InChI is InChI=1S/C68H122NO8P/c1-6-8-10-12-14-16-18-20-22-24-26-28-30-31-32-33-34-35-36-37-39-41-43-45-47-49-51-53-55-57-59-61-68(71)77-66(65-76-78(72,73)75-63-62-69(3,4)5)64-74-67(70)60-58-56-54-52-50-48-46-44-42-40-38-29-27-25-23-21-19-17-15-13-11-9-7-2/h8,10,14,16,19-22,25-28,38,40,66H,6-7,9,11-13,15,17-18,23-24,29-37,39,41-65H2,1-5H3/p+1/b10-8-,16-14-,21-19-,22-20-,27-25-,28-26-,40-38-. The minimum atomic E-state index is -4.39. The molecule has 9 nitrogen and oxygen atoms in total. The summed E-state index contributed by atoms with van der Waals surface area (Å²) in [5.41, 5.74) is 0. The number of unbranched alkanes of at least 4 members (excludes halogenated alkanes) is 31. The van der Waals surface area contributed by atoms with Crippen LogP contribution in [-0.2, 0) is 32.7 Å². The zero-order valence-corrected chi connectivity index (χ0v) is 52.3. The van der Waals surface area contributed by atoms with E-state index in [0.717, 1.165) is 83.5 Å². The second-order valence-electron chi connectivity index (χ2n) is 22.8. The molecule has 0 spiro atoms. The fourth-order valence-corrected chi connectivity index (χ4v) is 9.70. The van der Waals surface area contributed by atoms with Crippen LogP contribution in [0.15, 0.2) is 85.1 Å². The Balaban J connectivity index is 4.09. The van der Waals surface area contributed by atoms with E-state index in [1.807, 2.05) is 21.1 Å². The van der Waals surface area contributed by atoms with E-state index < -0.39 is 26.5 Å². The zero-order valence-electron chi connectivity index (χ0n) is 51.4. The van der Waals surface area contributed by atoms with Crippen LogP contribution in [0.1, 0.15) is 284 Å². The number of carbonyl (C=O) groups excluding carboxylic acids is 2. The lowest BCUT2D eigenvalue weighted by Crippen LogP contribution is -2.37. The second-order valence-corrected chi connectivity index (χ2v) is 24.2. The molecule has 2 unspecified atom stereocenters. The highest BCUT2D eigenvalue weighted by atomic mass is 31.2. The predicted octanol–water partition coefficient (Wildman–Crippen LogP) is 20.6. The average molecular weight is 1110 g/mol. The number of esters is 2. The van der Waals surface area contributed by atoms with E-state index in [9.17, 15) is 19.0 Å². The highest BCUT2D eigenvalue weighted by Crippen LogP contribution is 2.43. The number of hydrogen-bond donors (Lipinski definition) is 1. The molecule has 0 saturated carbocycles. The van der Waals surface area contributed by atoms with Crippen LogP contribution in [0.2, 0.25) is 0 Å². The highest BCUT2D eigenvalue weighted by molar-refractivity contribution is 7.47. The number of rotatable bonds is 59. The van der Waals surface area contributed by atoms with Crippen molar-refractivity contribution in [3.8, 4) is 0 Å². The summed E-state index contributed by atoms with van der Waals surface area (Å²) in [6.07, 6.45) is 79.5. The van der Waals surface area contributed by atoms with Crippen molar-refractivity contribution in [3.63, 3.8) is 0 Å². The van der Waals surface area contributed by atoms with Gasteiger partial charge in [-0.05, 0) is 89.9 Å². The maximum absolute atomic E-state index is 12.9. The predicted molar refractivity (Wildman–Crippen MR) is 335 cm³/mol. The molecule has 1 N–H and O–H groups in total. The average Bonchev–Trinajstić information content (AvgIpc) is 3.40. The summed E-state index contributed by atoms with van der Waals surface area (Å²) >= 11 is 0. The van der Waals surface area contributed by atoms with Crippen LogP contribution in [-0.4, -0.2) is 74.9 Å². The summed E-state index contributed by atoms with van der Waals surface area (Å²) < 4.78 is 34.7. The number of phosphoric acid groups is 1. The summed E-state index contributed by atoms with van der Waals surface area (Å²) in [6, 6.07) is 0. The zero-order chi connectivity index (χ0) is 57.0. The van der Waals surface area contributed by atoms with Gasteiger partial charge in [0.15, 0.2) is 6.10 Å². The van der Waals surface area contributed by atoms with Crippen LogP contribution in [0.3, 0.4) is 0 Å². The van der Waals surface area contributed by atoms with Gasteiger partial charge in [-0.25, -0.2) is 4.57 Å². The molecule has 0 heterocycles. The minimum Gasteiger partial charge on any atom is -0.462 e. The summed E-state index contributed by atoms with van der Waals surface area (Å²) in [5, 5.41) is 0. The monoisotopic (exact) mass is 1110 g/mol. The van der Waals surface area contributed by atoms with Crippen LogP contribution in [0.5, 0.6) is 0 Å². The number of likely N-dealkylation sites (N-methyl/N-ethyl adjacent to an activating group) is 1. The molecular formula is C68H123NO8P+. The third-order valence-electron chi connectivity index (χ3n) is 13.9. The maximum atomic E-state index is 12.9. The molecule has 0 aromatic carbocycles. The number of ether oxygens (including phenoxy) is 2. The van der Waals surface area contributed by atoms with Crippen LogP contribution in [0.4, 0.5) is 0 Å². The maximum Gasteiger partial charge on any atom is 0.472 e. The number of nitrogens with zero attached hydrogens (tertiary/aromatic N) is 1. The van der Waals surface area contributed by atoms with E-state index in [2.05, 4.69) is 98.9 Å². The molecule has 452 valence electrons. The van der Waals surface area contributed by atoms with Gasteiger partial charge >= 0.3 is 19.8 Å². The molecule has 2 atom stereocenters. The molecule has 0 rings (SSSR count).